The predicted molar refractivity (Wildman–Crippen MR) is 89.9 cm³/mol. The molecule has 0 saturated heterocycles. The van der Waals surface area contributed by atoms with Crippen LogP contribution in [0, 0.1) is 6.92 Å². The van der Waals surface area contributed by atoms with E-state index in [4.69, 9.17) is 0 Å². The molecule has 0 bridgehead atoms. The lowest BCUT2D eigenvalue weighted by Crippen LogP contribution is -2.35. The Morgan fingerprint density at radius 3 is 2.57 bits per heavy atom. The van der Waals surface area contributed by atoms with E-state index in [0.29, 0.717) is 13.1 Å². The van der Waals surface area contributed by atoms with Gasteiger partial charge in [0.05, 0.1) is 0 Å². The van der Waals surface area contributed by atoms with Gasteiger partial charge in [-0.15, -0.1) is 0 Å². The molecule has 0 atom stereocenters. The van der Waals surface area contributed by atoms with Crippen molar-refractivity contribution in [2.45, 2.75) is 26.8 Å². The van der Waals surface area contributed by atoms with Gasteiger partial charge in [0.25, 0.3) is 0 Å². The molecule has 23 heavy (non-hydrogen) atoms. The lowest BCUT2D eigenvalue weighted by Gasteiger charge is -2.21. The molecule has 1 heterocycles. The van der Waals surface area contributed by atoms with E-state index in [2.05, 4.69) is 10.3 Å². The minimum absolute atomic E-state index is 0.160. The number of anilines is 1. The molecule has 0 aliphatic heterocycles. The minimum Gasteiger partial charge on any atom is -0.352 e. The van der Waals surface area contributed by atoms with E-state index in [1.807, 2.05) is 50.2 Å². The van der Waals surface area contributed by atoms with Crippen LogP contribution in [0.1, 0.15) is 24.5 Å². The molecule has 0 saturated carbocycles. The summed E-state index contributed by atoms with van der Waals surface area (Å²) in [6, 6.07) is 11.4. The quantitative estimate of drug-likeness (QED) is 0.834. The van der Waals surface area contributed by atoms with E-state index in [1.54, 1.807) is 17.3 Å². The van der Waals surface area contributed by atoms with Gasteiger partial charge in [-0.25, -0.2) is 0 Å². The molecule has 5 nitrogen and oxygen atoms in total. The first-order chi connectivity index (χ1) is 11.1. The Bertz CT molecular complexity index is 671. The molecule has 2 aromatic rings. The monoisotopic (exact) mass is 311 g/mol. The molecule has 1 aromatic carbocycles. The van der Waals surface area contributed by atoms with E-state index < -0.39 is 0 Å². The van der Waals surface area contributed by atoms with Crippen molar-refractivity contribution >= 4 is 17.5 Å². The summed E-state index contributed by atoms with van der Waals surface area (Å²) < 4.78 is 0. The van der Waals surface area contributed by atoms with Gasteiger partial charge in [0.1, 0.15) is 6.42 Å². The van der Waals surface area contributed by atoms with Crippen molar-refractivity contribution in [3.05, 3.63) is 59.9 Å². The van der Waals surface area contributed by atoms with Crippen LogP contribution in [0.4, 0.5) is 5.69 Å². The number of aromatic nitrogens is 1. The summed E-state index contributed by atoms with van der Waals surface area (Å²) in [6.07, 6.45) is 3.18. The van der Waals surface area contributed by atoms with Gasteiger partial charge >= 0.3 is 0 Å². The van der Waals surface area contributed by atoms with Crippen LogP contribution in [0.2, 0.25) is 0 Å². The summed E-state index contributed by atoms with van der Waals surface area (Å²) >= 11 is 0. The Morgan fingerprint density at radius 2 is 1.91 bits per heavy atom. The lowest BCUT2D eigenvalue weighted by atomic mass is 10.2. The smallest absolute Gasteiger partial charge is 0.236 e. The van der Waals surface area contributed by atoms with Crippen LogP contribution in [0.3, 0.4) is 0 Å². The molecule has 0 radical (unpaired) electrons. The number of rotatable bonds is 6. The number of pyridine rings is 1. The standard InChI is InChI=1S/C18H21N3O2/c1-3-21(16-6-4-5-14(2)11-16)18(23)12-17(22)20-13-15-7-9-19-10-8-15/h4-11H,3,12-13H2,1-2H3,(H,20,22). The fraction of sp³-hybridized carbons (Fsp3) is 0.278. The van der Waals surface area contributed by atoms with Crippen LogP contribution in [-0.2, 0) is 16.1 Å². The number of hydrogen-bond donors (Lipinski definition) is 1. The van der Waals surface area contributed by atoms with Crippen LogP contribution < -0.4 is 10.2 Å². The molecule has 1 aromatic heterocycles. The topological polar surface area (TPSA) is 62.3 Å². The van der Waals surface area contributed by atoms with Crippen molar-refractivity contribution in [2.24, 2.45) is 0 Å². The van der Waals surface area contributed by atoms with Gasteiger partial charge in [0.2, 0.25) is 11.8 Å². The maximum atomic E-state index is 12.4. The zero-order valence-corrected chi connectivity index (χ0v) is 13.5. The van der Waals surface area contributed by atoms with Crippen LogP contribution in [0.25, 0.3) is 0 Å². The van der Waals surface area contributed by atoms with Gasteiger partial charge in [-0.05, 0) is 49.2 Å². The molecule has 0 aliphatic carbocycles. The molecule has 0 fully saturated rings. The van der Waals surface area contributed by atoms with Gasteiger partial charge in [0, 0.05) is 31.2 Å². The molecule has 1 N–H and O–H groups in total. The molecule has 2 rings (SSSR count). The molecule has 0 aliphatic rings. The highest BCUT2D eigenvalue weighted by Gasteiger charge is 2.17. The highest BCUT2D eigenvalue weighted by Crippen LogP contribution is 2.16. The molecule has 5 heteroatoms. The van der Waals surface area contributed by atoms with Gasteiger partial charge in [-0.1, -0.05) is 12.1 Å². The average molecular weight is 311 g/mol. The second-order valence-electron chi connectivity index (χ2n) is 5.29. The highest BCUT2D eigenvalue weighted by atomic mass is 16.2. The van der Waals surface area contributed by atoms with E-state index in [9.17, 15) is 9.59 Å². The van der Waals surface area contributed by atoms with Gasteiger partial charge in [0.15, 0.2) is 0 Å². The van der Waals surface area contributed by atoms with Gasteiger partial charge < -0.3 is 10.2 Å². The van der Waals surface area contributed by atoms with E-state index >= 15 is 0 Å². The summed E-state index contributed by atoms with van der Waals surface area (Å²) in [4.78, 5) is 29.9. The van der Waals surface area contributed by atoms with Crippen molar-refractivity contribution < 1.29 is 9.59 Å². The van der Waals surface area contributed by atoms with Crippen LogP contribution in [0.15, 0.2) is 48.8 Å². The van der Waals surface area contributed by atoms with Crippen molar-refractivity contribution in [1.29, 1.82) is 0 Å². The first-order valence-electron chi connectivity index (χ1n) is 7.62. The zero-order valence-electron chi connectivity index (χ0n) is 13.5. The summed E-state index contributed by atoms with van der Waals surface area (Å²) in [5, 5.41) is 2.76. The number of nitrogens with zero attached hydrogens (tertiary/aromatic N) is 2. The van der Waals surface area contributed by atoms with Crippen LogP contribution in [0.5, 0.6) is 0 Å². The highest BCUT2D eigenvalue weighted by molar-refractivity contribution is 6.04. The maximum absolute atomic E-state index is 12.4. The van der Waals surface area contributed by atoms with E-state index in [-0.39, 0.29) is 18.2 Å². The second-order valence-corrected chi connectivity index (χ2v) is 5.29. The Hall–Kier alpha value is -2.69. The maximum Gasteiger partial charge on any atom is 0.236 e. The third-order valence-electron chi connectivity index (χ3n) is 3.48. The SMILES string of the molecule is CCN(C(=O)CC(=O)NCc1ccncc1)c1cccc(C)c1. The molecular weight excluding hydrogens is 290 g/mol. The third-order valence-corrected chi connectivity index (χ3v) is 3.48. The second kappa shape index (κ2) is 8.08. The van der Waals surface area contributed by atoms with Crippen LogP contribution in [-0.4, -0.2) is 23.3 Å². The Labute approximate surface area is 136 Å². The molecule has 0 spiro atoms. The summed E-state index contributed by atoms with van der Waals surface area (Å²) in [5.41, 5.74) is 2.85. The average Bonchev–Trinajstić information content (AvgIpc) is 2.55. The third kappa shape index (κ3) is 4.92. The van der Waals surface area contributed by atoms with E-state index in [0.717, 1.165) is 16.8 Å². The normalized spacial score (nSPS) is 10.2. The predicted octanol–water partition coefficient (Wildman–Crippen LogP) is 2.45. The Morgan fingerprint density at radius 1 is 1.17 bits per heavy atom. The number of aryl methyl sites for hydroxylation is 1. The Kier molecular flexibility index (Phi) is 5.86. The fourth-order valence-electron chi connectivity index (χ4n) is 2.30. The zero-order chi connectivity index (χ0) is 16.7. The molecule has 120 valence electrons. The van der Waals surface area contributed by atoms with Crippen molar-refractivity contribution in [3.8, 4) is 0 Å². The number of nitrogens with one attached hydrogen (secondary N) is 1. The number of carbonyl (C=O) groups excluding carboxylic acids is 2. The number of benzene rings is 1. The number of amides is 2. The summed E-state index contributed by atoms with van der Waals surface area (Å²) in [7, 11) is 0. The Balaban J connectivity index is 1.92. The summed E-state index contributed by atoms with van der Waals surface area (Å²) in [6.45, 7) is 4.80. The van der Waals surface area contributed by atoms with Gasteiger partial charge in [-0.3, -0.25) is 14.6 Å². The largest absolute Gasteiger partial charge is 0.352 e. The summed E-state index contributed by atoms with van der Waals surface area (Å²) in [5.74, 6) is -0.483. The fourth-order valence-corrected chi connectivity index (χ4v) is 2.30. The number of carbonyl (C=O) groups is 2. The van der Waals surface area contributed by atoms with Crippen molar-refractivity contribution in [3.63, 3.8) is 0 Å². The first kappa shape index (κ1) is 16.7. The first-order valence-corrected chi connectivity index (χ1v) is 7.62. The molecule has 2 amide bonds. The van der Waals surface area contributed by atoms with Crippen molar-refractivity contribution in [2.75, 3.05) is 11.4 Å². The van der Waals surface area contributed by atoms with Gasteiger partial charge in [-0.2, -0.15) is 0 Å². The van der Waals surface area contributed by atoms with Crippen molar-refractivity contribution in [1.82, 2.24) is 10.3 Å². The molecular formula is C18H21N3O2. The van der Waals surface area contributed by atoms with E-state index in [1.165, 1.54) is 0 Å². The van der Waals surface area contributed by atoms with Crippen LogP contribution >= 0.6 is 0 Å². The molecule has 0 unspecified atom stereocenters. The minimum atomic E-state index is -0.280. The lowest BCUT2D eigenvalue weighted by molar-refractivity contribution is -0.128. The number of hydrogen-bond acceptors (Lipinski definition) is 3.